The molecule has 4 aromatic rings. The molecule has 0 atom stereocenters. The molecule has 0 aliphatic carbocycles. The number of alkyl halides is 2. The summed E-state index contributed by atoms with van der Waals surface area (Å²) in [5.41, 5.74) is 1.98. The molecular formula is C30H23ClF2N6O2. The van der Waals surface area contributed by atoms with Crippen LogP contribution in [0.3, 0.4) is 0 Å². The lowest BCUT2D eigenvalue weighted by molar-refractivity contribution is -0.116. The van der Waals surface area contributed by atoms with Gasteiger partial charge in [-0.05, 0) is 49.4 Å². The average Bonchev–Trinajstić information content (AvgIpc) is 3.37. The Hall–Kier alpha value is -4.88. The van der Waals surface area contributed by atoms with Crippen LogP contribution in [-0.4, -0.2) is 39.0 Å². The fraction of sp³-hybridized carbons (Fsp3) is 0.167. The summed E-state index contributed by atoms with van der Waals surface area (Å²) in [5, 5.41) is 16.0. The molecule has 2 aromatic heterocycles. The van der Waals surface area contributed by atoms with Gasteiger partial charge in [0.15, 0.2) is 0 Å². The number of anilines is 1. The maximum absolute atomic E-state index is 15.5. The molecular weight excluding hydrogens is 550 g/mol. The Labute approximate surface area is 239 Å². The van der Waals surface area contributed by atoms with Crippen LogP contribution in [0.2, 0.25) is 5.02 Å². The molecule has 0 saturated heterocycles. The number of nitriles is 1. The zero-order valence-electron chi connectivity index (χ0n) is 21.8. The highest BCUT2D eigenvalue weighted by molar-refractivity contribution is 6.34. The third-order valence-electron chi connectivity index (χ3n) is 6.58. The van der Waals surface area contributed by atoms with E-state index in [0.29, 0.717) is 11.4 Å². The van der Waals surface area contributed by atoms with Crippen molar-refractivity contribution in [3.63, 3.8) is 0 Å². The standard InChI is InChI=1S/C30H23ClF2N6O2/c1-19-11-13-39(37-19)22-9-10-24(26(31)15-22)29(41)38-14-12-30(32,33)25(23-7-2-3-8-27(23)38)16-28(40)35-18-21-6-4-5-20(17-34)36-21/h2-11,13,15-16H,12,14,18H2,1H3,(H,35,40)/b25-16-. The lowest BCUT2D eigenvalue weighted by atomic mass is 9.97. The number of carbonyl (C=O) groups excluding carboxylic acids is 2. The van der Waals surface area contributed by atoms with Crippen molar-refractivity contribution in [2.45, 2.75) is 25.8 Å². The van der Waals surface area contributed by atoms with Gasteiger partial charge in [-0.1, -0.05) is 35.9 Å². The molecule has 1 aliphatic rings. The highest BCUT2D eigenvalue weighted by Crippen LogP contribution is 2.43. The molecule has 5 rings (SSSR count). The van der Waals surface area contributed by atoms with E-state index >= 15 is 8.78 Å². The van der Waals surface area contributed by atoms with Crippen LogP contribution < -0.4 is 10.2 Å². The first-order chi connectivity index (χ1) is 19.7. The molecule has 2 amide bonds. The van der Waals surface area contributed by atoms with Gasteiger partial charge in [-0.3, -0.25) is 9.59 Å². The fourth-order valence-corrected chi connectivity index (χ4v) is 4.82. The molecule has 0 unspecified atom stereocenters. The van der Waals surface area contributed by atoms with Crippen LogP contribution in [0, 0.1) is 18.3 Å². The number of benzene rings is 2. The average molecular weight is 573 g/mol. The number of halogens is 3. The van der Waals surface area contributed by atoms with Gasteiger partial charge in [0.2, 0.25) is 5.91 Å². The van der Waals surface area contributed by atoms with Crippen molar-refractivity contribution < 1.29 is 18.4 Å². The van der Waals surface area contributed by atoms with Crippen molar-refractivity contribution in [2.24, 2.45) is 0 Å². The number of aryl methyl sites for hydroxylation is 1. The first kappa shape index (κ1) is 27.7. The number of allylic oxidation sites excluding steroid dienone is 1. The van der Waals surface area contributed by atoms with Crippen molar-refractivity contribution in [2.75, 3.05) is 11.4 Å². The number of nitrogens with zero attached hydrogens (tertiary/aromatic N) is 5. The van der Waals surface area contributed by atoms with Gasteiger partial charge in [0, 0.05) is 36.4 Å². The minimum atomic E-state index is -3.41. The lowest BCUT2D eigenvalue weighted by Crippen LogP contribution is -2.33. The quantitative estimate of drug-likeness (QED) is 0.319. The van der Waals surface area contributed by atoms with Crippen LogP contribution >= 0.6 is 11.6 Å². The molecule has 41 heavy (non-hydrogen) atoms. The molecule has 3 heterocycles. The summed E-state index contributed by atoms with van der Waals surface area (Å²) in [4.78, 5) is 31.8. The fourth-order valence-electron chi connectivity index (χ4n) is 4.56. The molecule has 11 heteroatoms. The van der Waals surface area contributed by atoms with E-state index in [2.05, 4.69) is 15.4 Å². The van der Waals surface area contributed by atoms with Gasteiger partial charge >= 0.3 is 0 Å². The summed E-state index contributed by atoms with van der Waals surface area (Å²) in [6, 6.07) is 19.5. The molecule has 0 spiro atoms. The Bertz CT molecular complexity index is 1730. The number of aromatic nitrogens is 3. The van der Waals surface area contributed by atoms with Gasteiger partial charge in [-0.2, -0.15) is 10.4 Å². The predicted molar refractivity (Wildman–Crippen MR) is 150 cm³/mol. The third-order valence-corrected chi connectivity index (χ3v) is 6.90. The van der Waals surface area contributed by atoms with Crippen LogP contribution in [0.25, 0.3) is 11.3 Å². The number of hydrogen-bond donors (Lipinski definition) is 1. The van der Waals surface area contributed by atoms with Crippen LogP contribution in [0.4, 0.5) is 14.5 Å². The molecule has 1 aliphatic heterocycles. The number of amides is 2. The molecule has 0 fully saturated rings. The highest BCUT2D eigenvalue weighted by Gasteiger charge is 2.41. The van der Waals surface area contributed by atoms with E-state index in [0.717, 1.165) is 11.8 Å². The Morgan fingerprint density at radius 1 is 1.15 bits per heavy atom. The molecule has 206 valence electrons. The predicted octanol–water partition coefficient (Wildman–Crippen LogP) is 5.49. The first-order valence-corrected chi connectivity index (χ1v) is 13.0. The van der Waals surface area contributed by atoms with Crippen molar-refractivity contribution in [1.82, 2.24) is 20.1 Å². The van der Waals surface area contributed by atoms with Gasteiger partial charge in [0.1, 0.15) is 11.8 Å². The van der Waals surface area contributed by atoms with E-state index < -0.39 is 29.7 Å². The lowest BCUT2D eigenvalue weighted by Gasteiger charge is -2.23. The number of para-hydroxylation sites is 1. The minimum Gasteiger partial charge on any atom is -0.347 e. The summed E-state index contributed by atoms with van der Waals surface area (Å²) in [7, 11) is 0. The van der Waals surface area contributed by atoms with Gasteiger partial charge in [-0.25, -0.2) is 18.4 Å². The monoisotopic (exact) mass is 572 g/mol. The summed E-state index contributed by atoms with van der Waals surface area (Å²) in [5.74, 6) is -4.71. The summed E-state index contributed by atoms with van der Waals surface area (Å²) >= 11 is 6.50. The second-order valence-electron chi connectivity index (χ2n) is 9.40. The molecule has 0 saturated carbocycles. The number of fused-ring (bicyclic) bond motifs is 1. The molecule has 1 N–H and O–H groups in total. The van der Waals surface area contributed by atoms with E-state index in [-0.39, 0.29) is 40.6 Å². The molecule has 0 bridgehead atoms. The SMILES string of the molecule is Cc1ccn(-c2ccc(C(=O)N3CCC(F)(F)/C(=C\C(=O)NCc4cccc(C#N)n4)c4ccccc43)c(Cl)c2)n1. The number of nitrogens with one attached hydrogen (secondary N) is 1. The van der Waals surface area contributed by atoms with E-state index in [1.807, 2.05) is 19.1 Å². The Kier molecular flexibility index (Phi) is 7.64. The van der Waals surface area contributed by atoms with Crippen LogP contribution in [-0.2, 0) is 11.3 Å². The minimum absolute atomic E-state index is 0.0530. The Morgan fingerprint density at radius 3 is 2.68 bits per heavy atom. The van der Waals surface area contributed by atoms with E-state index in [4.69, 9.17) is 16.9 Å². The number of rotatable bonds is 5. The van der Waals surface area contributed by atoms with E-state index in [1.165, 1.54) is 17.0 Å². The second-order valence-corrected chi connectivity index (χ2v) is 9.80. The Balaban J connectivity index is 1.44. The maximum Gasteiger partial charge on any atom is 0.275 e. The topological polar surface area (TPSA) is 104 Å². The Morgan fingerprint density at radius 2 is 1.95 bits per heavy atom. The van der Waals surface area contributed by atoms with Crippen LogP contribution in [0.1, 0.15) is 39.4 Å². The summed E-state index contributed by atoms with van der Waals surface area (Å²) in [6.45, 7) is 1.49. The first-order valence-electron chi connectivity index (χ1n) is 12.6. The van der Waals surface area contributed by atoms with Gasteiger partial charge in [-0.15, -0.1) is 0 Å². The zero-order valence-corrected chi connectivity index (χ0v) is 22.6. The van der Waals surface area contributed by atoms with Gasteiger partial charge in [0.25, 0.3) is 11.8 Å². The number of carbonyl (C=O) groups is 2. The van der Waals surface area contributed by atoms with Crippen molar-refractivity contribution in [1.29, 1.82) is 5.26 Å². The van der Waals surface area contributed by atoms with Gasteiger partial charge in [0.05, 0.1) is 39.9 Å². The second kappa shape index (κ2) is 11.3. The molecule has 2 aromatic carbocycles. The zero-order chi connectivity index (χ0) is 29.1. The van der Waals surface area contributed by atoms with Crippen LogP contribution in [0.15, 0.2) is 79.0 Å². The van der Waals surface area contributed by atoms with Crippen molar-refractivity contribution >= 4 is 34.7 Å². The van der Waals surface area contributed by atoms with Gasteiger partial charge < -0.3 is 10.2 Å². The highest BCUT2D eigenvalue weighted by atomic mass is 35.5. The summed E-state index contributed by atoms with van der Waals surface area (Å²) in [6.07, 6.45) is 1.91. The molecule has 0 radical (unpaired) electrons. The molecule has 8 nitrogen and oxygen atoms in total. The van der Waals surface area contributed by atoms with Crippen LogP contribution in [0.5, 0.6) is 0 Å². The third kappa shape index (κ3) is 5.85. The number of hydrogen-bond acceptors (Lipinski definition) is 5. The smallest absolute Gasteiger partial charge is 0.275 e. The largest absolute Gasteiger partial charge is 0.347 e. The van der Waals surface area contributed by atoms with Crippen molar-refractivity contribution in [3.8, 4) is 11.8 Å². The normalized spacial score (nSPS) is 15.1. The maximum atomic E-state index is 15.5. The van der Waals surface area contributed by atoms with E-state index in [9.17, 15) is 9.59 Å². The number of pyridine rings is 1. The van der Waals surface area contributed by atoms with Crippen molar-refractivity contribution in [3.05, 3.63) is 112 Å². The summed E-state index contributed by atoms with van der Waals surface area (Å²) < 4.78 is 32.7. The van der Waals surface area contributed by atoms with E-state index in [1.54, 1.807) is 59.4 Å².